The molecule has 26 heavy (non-hydrogen) atoms. The van der Waals surface area contributed by atoms with Crippen LogP contribution in [-0.4, -0.2) is 54.9 Å². The lowest BCUT2D eigenvalue weighted by Crippen LogP contribution is -2.47. The lowest BCUT2D eigenvalue weighted by molar-refractivity contribution is -0.140. The zero-order valence-electron chi connectivity index (χ0n) is 14.2. The van der Waals surface area contributed by atoms with Crippen molar-refractivity contribution in [3.05, 3.63) is 42.7 Å². The number of anilines is 1. The van der Waals surface area contributed by atoms with Crippen LogP contribution in [0, 0.1) is 5.92 Å². The van der Waals surface area contributed by atoms with Crippen LogP contribution in [0.4, 0.5) is 5.82 Å². The second-order valence-corrected chi connectivity index (χ2v) is 6.92. The SMILES string of the molecule is O=C1[C@H]2CC[C@H](CN(c3ncnc4nc[nH]c34)C2)N1Cc1ccccn1. The van der Waals surface area contributed by atoms with Crippen LogP contribution in [-0.2, 0) is 11.3 Å². The second-order valence-electron chi connectivity index (χ2n) is 6.92. The van der Waals surface area contributed by atoms with Gasteiger partial charge in [-0.15, -0.1) is 0 Å². The van der Waals surface area contributed by atoms with Gasteiger partial charge in [-0.05, 0) is 25.0 Å². The first-order valence-corrected chi connectivity index (χ1v) is 8.89. The van der Waals surface area contributed by atoms with Gasteiger partial charge in [-0.1, -0.05) is 6.07 Å². The first-order chi connectivity index (χ1) is 12.8. The van der Waals surface area contributed by atoms with Crippen LogP contribution in [0.15, 0.2) is 37.1 Å². The van der Waals surface area contributed by atoms with Gasteiger partial charge in [0.25, 0.3) is 0 Å². The zero-order valence-corrected chi connectivity index (χ0v) is 14.2. The molecule has 3 aromatic rings. The normalized spacial score (nSPS) is 22.8. The molecule has 0 spiro atoms. The second kappa shape index (κ2) is 6.05. The number of aromatic amines is 1. The number of aromatic nitrogens is 5. The largest absolute Gasteiger partial charge is 0.352 e. The van der Waals surface area contributed by atoms with Gasteiger partial charge in [0.2, 0.25) is 5.91 Å². The molecular weight excluding hydrogens is 330 g/mol. The van der Waals surface area contributed by atoms with Crippen molar-refractivity contribution in [2.45, 2.75) is 25.4 Å². The number of piperidine rings is 1. The number of hydrogen-bond acceptors (Lipinski definition) is 6. The summed E-state index contributed by atoms with van der Waals surface area (Å²) in [7, 11) is 0. The van der Waals surface area contributed by atoms with Crippen molar-refractivity contribution in [3.63, 3.8) is 0 Å². The summed E-state index contributed by atoms with van der Waals surface area (Å²) in [6.45, 7) is 2.01. The first kappa shape index (κ1) is 15.2. The number of H-pyrrole nitrogens is 1. The minimum Gasteiger partial charge on any atom is -0.352 e. The van der Waals surface area contributed by atoms with E-state index in [1.54, 1.807) is 18.9 Å². The summed E-state index contributed by atoms with van der Waals surface area (Å²) >= 11 is 0. The Bertz CT molecular complexity index is 941. The smallest absolute Gasteiger partial charge is 0.228 e. The van der Waals surface area contributed by atoms with E-state index >= 15 is 0 Å². The lowest BCUT2D eigenvalue weighted by Gasteiger charge is -2.35. The molecule has 3 aliphatic rings. The highest BCUT2D eigenvalue weighted by Crippen LogP contribution is 2.33. The molecule has 3 aliphatic heterocycles. The maximum absolute atomic E-state index is 13.0. The number of carbonyl (C=O) groups is 1. The Hall–Kier alpha value is -3.03. The van der Waals surface area contributed by atoms with Crippen LogP contribution in [0.2, 0.25) is 0 Å². The third-order valence-electron chi connectivity index (χ3n) is 5.35. The Morgan fingerprint density at radius 1 is 1.12 bits per heavy atom. The Morgan fingerprint density at radius 3 is 2.96 bits per heavy atom. The fourth-order valence-corrected chi connectivity index (χ4v) is 4.08. The predicted molar refractivity (Wildman–Crippen MR) is 95.2 cm³/mol. The number of nitrogens with zero attached hydrogens (tertiary/aromatic N) is 6. The fraction of sp³-hybridized carbons (Fsp3) is 0.389. The van der Waals surface area contributed by atoms with E-state index in [1.165, 1.54) is 0 Å². The molecule has 1 N–H and O–H groups in total. The molecule has 6 heterocycles. The van der Waals surface area contributed by atoms with Crippen LogP contribution >= 0.6 is 0 Å². The van der Waals surface area contributed by atoms with Gasteiger partial charge in [0.1, 0.15) is 11.8 Å². The number of fused-ring (bicyclic) bond motifs is 5. The molecular formula is C18H19N7O. The van der Waals surface area contributed by atoms with Crippen molar-refractivity contribution < 1.29 is 4.79 Å². The van der Waals surface area contributed by atoms with Crippen LogP contribution in [0.1, 0.15) is 18.5 Å². The Balaban J connectivity index is 1.46. The fourth-order valence-electron chi connectivity index (χ4n) is 4.08. The summed E-state index contributed by atoms with van der Waals surface area (Å²) < 4.78 is 0. The van der Waals surface area contributed by atoms with Gasteiger partial charge in [-0.2, -0.15) is 0 Å². The predicted octanol–water partition coefficient (Wildman–Crippen LogP) is 1.38. The first-order valence-electron chi connectivity index (χ1n) is 8.89. The van der Waals surface area contributed by atoms with Crippen molar-refractivity contribution in [3.8, 4) is 0 Å². The topological polar surface area (TPSA) is 90.9 Å². The number of hydrogen-bond donors (Lipinski definition) is 1. The highest BCUT2D eigenvalue weighted by atomic mass is 16.2. The van der Waals surface area contributed by atoms with Crippen molar-refractivity contribution in [2.24, 2.45) is 5.92 Å². The van der Waals surface area contributed by atoms with Gasteiger partial charge in [-0.25, -0.2) is 15.0 Å². The van der Waals surface area contributed by atoms with Gasteiger partial charge in [0.05, 0.1) is 24.5 Å². The monoisotopic (exact) mass is 349 g/mol. The summed E-state index contributed by atoms with van der Waals surface area (Å²) in [5.41, 5.74) is 2.42. The molecule has 2 bridgehead atoms. The molecule has 0 saturated carbocycles. The number of amides is 1. The van der Waals surface area contributed by atoms with Gasteiger partial charge < -0.3 is 14.8 Å². The molecule has 0 radical (unpaired) electrons. The summed E-state index contributed by atoms with van der Waals surface area (Å²) in [5.74, 6) is 1.05. The van der Waals surface area contributed by atoms with Crippen molar-refractivity contribution >= 4 is 22.9 Å². The molecule has 2 atom stereocenters. The van der Waals surface area contributed by atoms with E-state index in [4.69, 9.17) is 0 Å². The van der Waals surface area contributed by atoms with E-state index in [1.807, 2.05) is 23.1 Å². The third kappa shape index (κ3) is 2.49. The molecule has 3 aromatic heterocycles. The van der Waals surface area contributed by atoms with Gasteiger partial charge in [0.15, 0.2) is 11.5 Å². The van der Waals surface area contributed by atoms with Crippen LogP contribution in [0.5, 0.6) is 0 Å². The van der Waals surface area contributed by atoms with Gasteiger partial charge in [-0.3, -0.25) is 9.78 Å². The maximum atomic E-state index is 13.0. The molecule has 8 nitrogen and oxygen atoms in total. The number of pyridine rings is 1. The minimum absolute atomic E-state index is 0.00889. The van der Waals surface area contributed by atoms with Crippen molar-refractivity contribution in [2.75, 3.05) is 18.0 Å². The lowest BCUT2D eigenvalue weighted by atomic mass is 9.94. The minimum atomic E-state index is -0.00889. The molecule has 0 aliphatic carbocycles. The summed E-state index contributed by atoms with van der Waals surface area (Å²) in [5, 5.41) is 0. The summed E-state index contributed by atoms with van der Waals surface area (Å²) in [6, 6.07) is 6.00. The van der Waals surface area contributed by atoms with Gasteiger partial charge >= 0.3 is 0 Å². The van der Waals surface area contributed by atoms with Crippen LogP contribution in [0.3, 0.4) is 0 Å². The van der Waals surface area contributed by atoms with Crippen LogP contribution < -0.4 is 4.90 Å². The highest BCUT2D eigenvalue weighted by Gasteiger charge is 2.41. The number of imidazole rings is 1. The number of rotatable bonds is 3. The summed E-state index contributed by atoms with van der Waals surface area (Å²) in [4.78, 5) is 37.6. The van der Waals surface area contributed by atoms with E-state index < -0.39 is 0 Å². The molecule has 3 fully saturated rings. The molecule has 1 amide bonds. The summed E-state index contributed by atoms with van der Waals surface area (Å²) in [6.07, 6.45) is 6.89. The third-order valence-corrected chi connectivity index (χ3v) is 5.35. The number of carbonyl (C=O) groups excluding carboxylic acids is 1. The molecule has 0 unspecified atom stereocenters. The maximum Gasteiger partial charge on any atom is 0.228 e. The molecule has 0 aromatic carbocycles. The zero-order chi connectivity index (χ0) is 17.5. The van der Waals surface area contributed by atoms with E-state index in [2.05, 4.69) is 29.8 Å². The van der Waals surface area contributed by atoms with Crippen molar-refractivity contribution in [1.29, 1.82) is 0 Å². The average molecular weight is 349 g/mol. The molecule has 3 saturated heterocycles. The quantitative estimate of drug-likeness (QED) is 0.768. The Morgan fingerprint density at radius 2 is 2.08 bits per heavy atom. The molecule has 8 heteroatoms. The molecule has 6 rings (SSSR count). The highest BCUT2D eigenvalue weighted by molar-refractivity contribution is 5.85. The van der Waals surface area contributed by atoms with E-state index in [0.29, 0.717) is 18.7 Å². The molecule has 132 valence electrons. The average Bonchev–Trinajstić information content (AvgIpc) is 3.00. The van der Waals surface area contributed by atoms with E-state index in [-0.39, 0.29) is 17.9 Å². The Kier molecular flexibility index (Phi) is 3.55. The standard InChI is InChI=1S/C18H19N7O/c26-18-12-4-5-14(25(18)8-13-3-1-2-6-19-13)9-24(7-12)17-15-16(21-10-20-15)22-11-23-17/h1-3,6,10-12,14H,4-5,7-9H2,(H,20,21,22,23)/t12-,14+/m0/s1. The van der Waals surface area contributed by atoms with E-state index in [9.17, 15) is 4.79 Å². The van der Waals surface area contributed by atoms with Gasteiger partial charge in [0, 0.05) is 25.3 Å². The number of nitrogens with one attached hydrogen (secondary N) is 1. The van der Waals surface area contributed by atoms with Crippen molar-refractivity contribution in [1.82, 2.24) is 29.8 Å². The van der Waals surface area contributed by atoms with E-state index in [0.717, 1.165) is 36.4 Å². The van der Waals surface area contributed by atoms with Crippen LogP contribution in [0.25, 0.3) is 11.2 Å². The Labute approximate surface area is 150 Å².